The van der Waals surface area contributed by atoms with Gasteiger partial charge in [-0.3, -0.25) is 0 Å². The summed E-state index contributed by atoms with van der Waals surface area (Å²) in [6.07, 6.45) is 8.34. The number of anilines is 2. The minimum atomic E-state index is 0.455. The molecule has 182 valence electrons. The number of ether oxygens (including phenoxy) is 2. The van der Waals surface area contributed by atoms with Crippen molar-refractivity contribution in [2.24, 2.45) is 11.8 Å². The number of piperidine rings is 2. The molecule has 3 fully saturated rings. The van der Waals surface area contributed by atoms with E-state index >= 15 is 0 Å². The normalized spacial score (nSPS) is 20.5. The molecule has 3 aliphatic rings. The molecule has 0 aromatic carbocycles. The lowest BCUT2D eigenvalue weighted by molar-refractivity contribution is 0.130. The Morgan fingerprint density at radius 3 is 2.64 bits per heavy atom. The smallest absolute Gasteiger partial charge is 0.213 e. The molecule has 1 aliphatic carbocycles. The summed E-state index contributed by atoms with van der Waals surface area (Å²) in [5, 5.41) is 17.6. The average Bonchev–Trinajstić information content (AvgIpc) is 3.35. The van der Waals surface area contributed by atoms with E-state index in [1.165, 1.54) is 6.42 Å². The quantitative estimate of drug-likeness (QED) is 0.423. The minimum Gasteiger partial charge on any atom is -0.492 e. The van der Waals surface area contributed by atoms with E-state index in [0.717, 1.165) is 41.2 Å². The van der Waals surface area contributed by atoms with E-state index < -0.39 is 0 Å². The van der Waals surface area contributed by atoms with Gasteiger partial charge in [-0.1, -0.05) is 0 Å². The summed E-state index contributed by atoms with van der Waals surface area (Å²) in [5.74, 6) is 3.44. The SMILES string of the molecule is CCOc1cc(-c2ccc(N3CC4CC(C3)C4Nc3ccc(OC)nc3)nc2)c2c(C#N)cnn2c1. The Balaban J connectivity index is 1.19. The van der Waals surface area contributed by atoms with Gasteiger partial charge in [0.2, 0.25) is 5.88 Å². The van der Waals surface area contributed by atoms with Crippen LogP contribution in [0.4, 0.5) is 11.5 Å². The Morgan fingerprint density at radius 2 is 1.97 bits per heavy atom. The zero-order valence-electron chi connectivity index (χ0n) is 20.3. The van der Waals surface area contributed by atoms with Crippen molar-refractivity contribution >= 4 is 17.0 Å². The van der Waals surface area contributed by atoms with E-state index in [9.17, 15) is 5.26 Å². The van der Waals surface area contributed by atoms with Gasteiger partial charge in [-0.2, -0.15) is 10.4 Å². The maximum absolute atomic E-state index is 9.58. The van der Waals surface area contributed by atoms with Gasteiger partial charge < -0.3 is 19.7 Å². The molecule has 0 spiro atoms. The maximum atomic E-state index is 9.58. The van der Waals surface area contributed by atoms with Crippen LogP contribution >= 0.6 is 0 Å². The van der Waals surface area contributed by atoms with Crippen LogP contribution in [0.25, 0.3) is 16.6 Å². The van der Waals surface area contributed by atoms with Crippen molar-refractivity contribution in [3.05, 3.63) is 60.7 Å². The van der Waals surface area contributed by atoms with E-state index in [4.69, 9.17) is 14.5 Å². The molecule has 2 atom stereocenters. The highest BCUT2D eigenvalue weighted by atomic mass is 16.5. The lowest BCUT2D eigenvalue weighted by atomic mass is 9.66. The number of nitriles is 1. The number of nitrogens with one attached hydrogen (secondary N) is 1. The second kappa shape index (κ2) is 9.04. The average molecular weight is 482 g/mol. The topological polar surface area (TPSA) is 101 Å². The van der Waals surface area contributed by atoms with Crippen molar-refractivity contribution in [3.63, 3.8) is 0 Å². The van der Waals surface area contributed by atoms with Crippen molar-refractivity contribution in [1.82, 2.24) is 19.6 Å². The molecular formula is C27H27N7O2. The van der Waals surface area contributed by atoms with E-state index in [0.29, 0.717) is 41.7 Å². The second-order valence-corrected chi connectivity index (χ2v) is 9.31. The predicted molar refractivity (Wildman–Crippen MR) is 136 cm³/mol. The van der Waals surface area contributed by atoms with Crippen molar-refractivity contribution in [3.8, 4) is 28.8 Å². The zero-order chi connectivity index (χ0) is 24.6. The van der Waals surface area contributed by atoms with E-state index in [-0.39, 0.29) is 0 Å². The highest BCUT2D eigenvalue weighted by Gasteiger charge is 2.47. The molecule has 9 heteroatoms. The number of aromatic nitrogens is 4. The van der Waals surface area contributed by atoms with Gasteiger partial charge in [0.25, 0.3) is 0 Å². The van der Waals surface area contributed by atoms with Crippen molar-refractivity contribution in [2.45, 2.75) is 19.4 Å². The summed E-state index contributed by atoms with van der Waals surface area (Å²) in [6, 6.07) is 12.7. The Bertz CT molecular complexity index is 1410. The van der Waals surface area contributed by atoms with Crippen LogP contribution in [-0.4, -0.2) is 52.4 Å². The fraction of sp³-hybridized carbons (Fsp3) is 0.333. The molecule has 36 heavy (non-hydrogen) atoms. The summed E-state index contributed by atoms with van der Waals surface area (Å²) in [5.41, 5.74) is 4.13. The first-order valence-corrected chi connectivity index (χ1v) is 12.2. The Morgan fingerprint density at radius 1 is 1.11 bits per heavy atom. The third-order valence-electron chi connectivity index (χ3n) is 7.21. The number of rotatable bonds is 7. The molecule has 0 radical (unpaired) electrons. The van der Waals surface area contributed by atoms with Crippen LogP contribution in [0, 0.1) is 23.2 Å². The fourth-order valence-electron chi connectivity index (χ4n) is 5.47. The molecule has 2 saturated heterocycles. The molecule has 1 N–H and O–H groups in total. The molecule has 6 heterocycles. The van der Waals surface area contributed by atoms with Gasteiger partial charge in [-0.15, -0.1) is 0 Å². The molecule has 2 unspecified atom stereocenters. The number of methoxy groups -OCH3 is 1. The number of hydrogen-bond donors (Lipinski definition) is 1. The third kappa shape index (κ3) is 3.85. The molecule has 9 nitrogen and oxygen atoms in total. The van der Waals surface area contributed by atoms with Crippen LogP contribution in [0.2, 0.25) is 0 Å². The van der Waals surface area contributed by atoms with Crippen LogP contribution < -0.4 is 19.7 Å². The molecule has 2 bridgehead atoms. The van der Waals surface area contributed by atoms with Gasteiger partial charge in [0.15, 0.2) is 0 Å². The highest BCUT2D eigenvalue weighted by molar-refractivity contribution is 5.85. The van der Waals surface area contributed by atoms with Crippen molar-refractivity contribution in [1.29, 1.82) is 5.26 Å². The fourth-order valence-corrected chi connectivity index (χ4v) is 5.47. The van der Waals surface area contributed by atoms with Gasteiger partial charge in [-0.05, 0) is 49.4 Å². The van der Waals surface area contributed by atoms with Crippen LogP contribution in [0.5, 0.6) is 11.6 Å². The molecule has 0 amide bonds. The summed E-state index contributed by atoms with van der Waals surface area (Å²) in [7, 11) is 1.63. The third-order valence-corrected chi connectivity index (χ3v) is 7.21. The molecule has 7 rings (SSSR count). The monoisotopic (exact) mass is 481 g/mol. The summed E-state index contributed by atoms with van der Waals surface area (Å²) in [6.45, 7) is 4.43. The molecular weight excluding hydrogens is 454 g/mol. The van der Waals surface area contributed by atoms with Crippen LogP contribution in [-0.2, 0) is 0 Å². The Kier molecular flexibility index (Phi) is 5.56. The van der Waals surface area contributed by atoms with Crippen molar-refractivity contribution < 1.29 is 9.47 Å². The number of hydrogen-bond acceptors (Lipinski definition) is 8. The summed E-state index contributed by atoms with van der Waals surface area (Å²) >= 11 is 0. The van der Waals surface area contributed by atoms with E-state index in [1.807, 2.05) is 37.5 Å². The van der Waals surface area contributed by atoms with Gasteiger partial charge in [0.1, 0.15) is 17.6 Å². The molecule has 4 aromatic heterocycles. The predicted octanol–water partition coefficient (Wildman–Crippen LogP) is 4.01. The van der Waals surface area contributed by atoms with Crippen LogP contribution in [0.15, 0.2) is 55.1 Å². The number of fused-ring (bicyclic) bond motifs is 3. The second-order valence-electron chi connectivity index (χ2n) is 9.31. The number of nitrogens with zero attached hydrogens (tertiary/aromatic N) is 6. The van der Waals surface area contributed by atoms with Gasteiger partial charge >= 0.3 is 0 Å². The number of pyridine rings is 3. The van der Waals surface area contributed by atoms with Gasteiger partial charge in [0, 0.05) is 42.5 Å². The first-order chi connectivity index (χ1) is 17.7. The van der Waals surface area contributed by atoms with Crippen LogP contribution in [0.1, 0.15) is 18.9 Å². The van der Waals surface area contributed by atoms with E-state index in [2.05, 4.69) is 38.5 Å². The summed E-state index contributed by atoms with van der Waals surface area (Å²) < 4.78 is 12.6. The standard InChI is InChI=1S/C27H27N7O2/c1-3-36-22-9-23(27-20(10-28)12-31-34(27)16-22)17-4-6-24(29-11-17)33-14-18-8-19(15-33)26(18)32-21-5-7-25(35-2)30-13-21/h4-7,9,11-13,16,18-19,26,32H,3,8,14-15H2,1-2H3. The Labute approximate surface area is 209 Å². The first-order valence-electron chi connectivity index (χ1n) is 12.2. The molecule has 4 aromatic rings. The highest BCUT2D eigenvalue weighted by Crippen LogP contribution is 2.43. The minimum absolute atomic E-state index is 0.455. The van der Waals surface area contributed by atoms with E-state index in [1.54, 1.807) is 24.0 Å². The molecule has 2 aliphatic heterocycles. The van der Waals surface area contributed by atoms with Crippen LogP contribution in [0.3, 0.4) is 0 Å². The first kappa shape index (κ1) is 22.2. The lowest BCUT2D eigenvalue weighted by Gasteiger charge is -2.54. The Hall–Kier alpha value is -4.32. The van der Waals surface area contributed by atoms with Gasteiger partial charge in [-0.25, -0.2) is 14.5 Å². The molecule has 1 saturated carbocycles. The van der Waals surface area contributed by atoms with Crippen molar-refractivity contribution in [2.75, 3.05) is 37.0 Å². The van der Waals surface area contributed by atoms with Gasteiger partial charge in [0.05, 0.1) is 49.1 Å². The summed E-state index contributed by atoms with van der Waals surface area (Å²) in [4.78, 5) is 11.5. The zero-order valence-corrected chi connectivity index (χ0v) is 20.3. The largest absolute Gasteiger partial charge is 0.492 e. The lowest BCUT2D eigenvalue weighted by Crippen LogP contribution is -2.61. The maximum Gasteiger partial charge on any atom is 0.213 e.